The van der Waals surface area contributed by atoms with Crippen LogP contribution in [-0.4, -0.2) is 131 Å². The zero-order valence-corrected chi connectivity index (χ0v) is 41.9. The first-order chi connectivity index (χ1) is 29.2. The van der Waals surface area contributed by atoms with E-state index in [1.807, 2.05) is 111 Å². The Kier molecular flexibility index (Phi) is 13.9. The summed E-state index contributed by atoms with van der Waals surface area (Å²) in [5, 5.41) is 64.6. The van der Waals surface area contributed by atoms with Gasteiger partial charge in [-0.15, -0.1) is 46.1 Å². The lowest BCUT2D eigenvalue weighted by Crippen LogP contribution is -2.60. The number of nitrogens with zero attached hydrogens (tertiary/aromatic N) is 10. The number of anilines is 2. The molecule has 0 aromatic carbocycles. The van der Waals surface area contributed by atoms with E-state index >= 15 is 0 Å². The van der Waals surface area contributed by atoms with Gasteiger partial charge in [0.25, 0.3) is 0 Å². The zero-order valence-electron chi connectivity index (χ0n) is 41.1. The summed E-state index contributed by atoms with van der Waals surface area (Å²) in [6.45, 7) is 31.0. The number of thioether (sulfide) groups is 1. The van der Waals surface area contributed by atoms with Crippen LogP contribution in [0.2, 0.25) is 0 Å². The molecular formula is C44H74N12O7S. The van der Waals surface area contributed by atoms with Gasteiger partial charge in [-0.3, -0.25) is 0 Å². The number of piperidine rings is 4. The first-order valence-corrected chi connectivity index (χ1v) is 23.7. The van der Waals surface area contributed by atoms with Crippen molar-refractivity contribution in [3.8, 4) is 18.0 Å². The summed E-state index contributed by atoms with van der Waals surface area (Å²) >= 11 is 1.35. The Hall–Kier alpha value is -2.95. The Labute approximate surface area is 384 Å². The minimum absolute atomic E-state index is 0.0552. The maximum atomic E-state index is 13.1. The fourth-order valence-corrected chi connectivity index (χ4v) is 11.9. The van der Waals surface area contributed by atoms with Crippen LogP contribution >= 0.6 is 11.8 Å². The molecule has 4 radical (unpaired) electrons. The number of hydroxylamine groups is 8. The summed E-state index contributed by atoms with van der Waals surface area (Å²) in [6.07, 6.45) is 3.56. The maximum absolute atomic E-state index is 13.1. The van der Waals surface area contributed by atoms with E-state index in [4.69, 9.17) is 29.2 Å². The van der Waals surface area contributed by atoms with E-state index < -0.39 is 44.3 Å². The lowest BCUT2D eigenvalue weighted by atomic mass is 9.79. The Morgan fingerprint density at radius 2 is 0.766 bits per heavy atom. The summed E-state index contributed by atoms with van der Waals surface area (Å²) in [4.78, 5) is 28.1. The lowest BCUT2D eigenvalue weighted by Gasteiger charge is -2.50. The average Bonchev–Trinajstić information content (AvgIpc) is 3.11. The fourth-order valence-electron chi connectivity index (χ4n) is 11.2. The molecule has 0 bridgehead atoms. The molecule has 0 unspecified atom stereocenters. The van der Waals surface area contributed by atoms with Crippen molar-refractivity contribution in [1.29, 1.82) is 0 Å². The largest absolute Gasteiger partial charge is 0.462 e. The van der Waals surface area contributed by atoms with Crippen LogP contribution < -0.4 is 24.8 Å². The first-order valence-electron chi connectivity index (χ1n) is 22.7. The molecule has 0 atom stereocenters. The molecule has 20 heteroatoms. The third-order valence-electron chi connectivity index (χ3n) is 13.2. The van der Waals surface area contributed by atoms with Crippen LogP contribution in [0.3, 0.4) is 0 Å². The van der Waals surface area contributed by atoms with Crippen molar-refractivity contribution in [2.24, 2.45) is 0 Å². The Balaban J connectivity index is 1.21. The minimum atomic E-state index is -0.667. The predicted molar refractivity (Wildman–Crippen MR) is 239 cm³/mol. The molecule has 0 spiro atoms. The highest BCUT2D eigenvalue weighted by Crippen LogP contribution is 2.42. The molecule has 2 aromatic heterocycles. The van der Waals surface area contributed by atoms with E-state index in [1.54, 1.807) is 0 Å². The summed E-state index contributed by atoms with van der Waals surface area (Å²) in [7, 11) is 0. The van der Waals surface area contributed by atoms with Gasteiger partial charge in [-0.2, -0.15) is 24.9 Å². The highest BCUT2D eigenvalue weighted by atomic mass is 32.2. The van der Waals surface area contributed by atoms with Gasteiger partial charge in [-0.1, -0.05) is 11.8 Å². The van der Waals surface area contributed by atoms with Gasteiger partial charge in [0.1, 0.15) is 18.8 Å². The van der Waals surface area contributed by atoms with E-state index in [0.717, 1.165) is 10.1 Å². The van der Waals surface area contributed by atoms with Crippen molar-refractivity contribution in [1.82, 2.24) is 50.2 Å². The van der Waals surface area contributed by atoms with Crippen molar-refractivity contribution in [2.45, 2.75) is 236 Å². The highest BCUT2D eigenvalue weighted by molar-refractivity contribution is 7.99. The third kappa shape index (κ3) is 11.4. The van der Waals surface area contributed by atoms with Crippen LogP contribution in [0.4, 0.5) is 11.9 Å². The SMILES string of the molecule is CC1(C)CC(Nc2nc(OCCSc3nc(NC4CC(C)(C)N([O])C(C)(C)C4)nc(OC4CC(C)(C)N([O])C(C)(C)C4)n3)nc(OC3CC(C)(C)N([O])C(C)(C)C3)n2)CC(C)(C)N1[O]. The Morgan fingerprint density at radius 3 is 1.14 bits per heavy atom. The number of hydrogen-bond acceptors (Lipinski definition) is 16. The standard InChI is InChI=1S/C44H74N12O7S/c1-37(2)19-27(20-38(3,4)53(37)57)45-31-47-33(51-34(48-31)62-29-23-41(9,10)55(59)42(11,12)24-29)61-17-18-64-36-50-32(46-28-21-39(5,6)54(58)40(7,8)22-28)49-35(52-36)63-30-25-43(13,14)56(60)44(15,16)26-30/h27-30H,17-26H2,1-16H3,(H,45,47,48,51)(H,46,49,50,52). The van der Waals surface area contributed by atoms with Crippen LogP contribution in [0.25, 0.3) is 0 Å². The molecule has 2 aromatic rings. The number of ether oxygens (including phenoxy) is 3. The van der Waals surface area contributed by atoms with E-state index in [9.17, 15) is 20.8 Å². The van der Waals surface area contributed by atoms with Crippen molar-refractivity contribution in [3.63, 3.8) is 0 Å². The van der Waals surface area contributed by atoms with Gasteiger partial charge < -0.3 is 24.8 Å². The van der Waals surface area contributed by atoms with Crippen LogP contribution in [-0.2, 0) is 20.8 Å². The molecule has 4 aliphatic rings. The van der Waals surface area contributed by atoms with Gasteiger partial charge in [0.05, 0.1) is 0 Å². The average molecular weight is 915 g/mol. The number of hydrogen-bond donors (Lipinski definition) is 2. The van der Waals surface area contributed by atoms with Crippen LogP contribution in [0.1, 0.15) is 162 Å². The van der Waals surface area contributed by atoms with E-state index in [0.29, 0.717) is 68.2 Å². The molecule has 19 nitrogen and oxygen atoms in total. The molecule has 0 saturated carbocycles. The molecule has 6 rings (SSSR count). The smallest absolute Gasteiger partial charge is 0.324 e. The topological polar surface area (TPSA) is 222 Å². The van der Waals surface area contributed by atoms with Crippen molar-refractivity contribution in [3.05, 3.63) is 0 Å². The molecule has 4 aliphatic heterocycles. The zero-order chi connectivity index (χ0) is 47.6. The van der Waals surface area contributed by atoms with Gasteiger partial charge in [0, 0.05) is 87.8 Å². The Bertz CT molecular complexity index is 1630. The molecule has 0 amide bonds. The van der Waals surface area contributed by atoms with Crippen molar-refractivity contribution < 1.29 is 35.0 Å². The summed E-state index contributed by atoms with van der Waals surface area (Å²) < 4.78 is 19.1. The van der Waals surface area contributed by atoms with Gasteiger partial charge >= 0.3 is 18.0 Å². The van der Waals surface area contributed by atoms with Crippen LogP contribution in [0.5, 0.6) is 18.0 Å². The van der Waals surface area contributed by atoms with Crippen molar-refractivity contribution >= 4 is 23.7 Å². The number of rotatable bonds is 13. The second-order valence-electron chi connectivity index (χ2n) is 23.6. The highest BCUT2D eigenvalue weighted by Gasteiger charge is 2.50. The van der Waals surface area contributed by atoms with E-state index in [2.05, 4.69) is 25.6 Å². The van der Waals surface area contributed by atoms with Crippen LogP contribution in [0.15, 0.2) is 5.16 Å². The molecular weight excluding hydrogens is 841 g/mol. The minimum Gasteiger partial charge on any atom is -0.462 e. The fraction of sp³-hybridized carbons (Fsp3) is 0.864. The molecule has 2 N–H and O–H groups in total. The molecule has 4 saturated heterocycles. The molecule has 4 fully saturated rings. The van der Waals surface area contributed by atoms with Gasteiger partial charge in [-0.05, 0) is 136 Å². The molecule has 6 heterocycles. The predicted octanol–water partition coefficient (Wildman–Crippen LogP) is 7.28. The summed E-state index contributed by atoms with van der Waals surface area (Å²) in [5.41, 5.74) is -5.10. The lowest BCUT2D eigenvalue weighted by molar-refractivity contribution is -0.297. The van der Waals surface area contributed by atoms with Gasteiger partial charge in [0.15, 0.2) is 5.16 Å². The maximum Gasteiger partial charge on any atom is 0.324 e. The van der Waals surface area contributed by atoms with Gasteiger partial charge in [-0.25, -0.2) is 0 Å². The first kappa shape index (κ1) is 50.5. The van der Waals surface area contributed by atoms with Crippen molar-refractivity contribution in [2.75, 3.05) is 23.0 Å². The summed E-state index contributed by atoms with van der Waals surface area (Å²) in [6, 6.07) is 0.0726. The van der Waals surface area contributed by atoms with Gasteiger partial charge in [0.2, 0.25) is 11.9 Å². The normalized spacial score (nSPS) is 26.3. The van der Waals surface area contributed by atoms with Crippen LogP contribution in [0, 0.1) is 0 Å². The Morgan fingerprint density at radius 1 is 0.453 bits per heavy atom. The quantitative estimate of drug-likeness (QED) is 0.149. The van der Waals surface area contributed by atoms with E-state index in [-0.39, 0.29) is 54.9 Å². The number of nitrogens with one attached hydrogen (secondary N) is 2. The third-order valence-corrected chi connectivity index (χ3v) is 14.0. The molecule has 0 aliphatic carbocycles. The molecule has 64 heavy (non-hydrogen) atoms. The second-order valence-corrected chi connectivity index (χ2v) is 24.7. The second kappa shape index (κ2) is 17.6. The monoisotopic (exact) mass is 915 g/mol. The number of aromatic nitrogens is 6. The molecule has 358 valence electrons. The van der Waals surface area contributed by atoms with E-state index in [1.165, 1.54) is 21.9 Å². The summed E-state index contributed by atoms with van der Waals surface area (Å²) in [5.74, 6) is 0.995.